The number of amides is 2. The Morgan fingerprint density at radius 2 is 1.83 bits per heavy atom. The van der Waals surface area contributed by atoms with Gasteiger partial charge in [0, 0.05) is 37.2 Å². The highest BCUT2D eigenvalue weighted by atomic mass is 16.6. The second-order valence-electron chi connectivity index (χ2n) is 12.1. The largest absolute Gasteiger partial charge is 0.445 e. The number of likely N-dealkylation sites (tertiary alicyclic amines) is 1. The third-order valence-corrected chi connectivity index (χ3v) is 8.92. The van der Waals surface area contributed by atoms with Crippen molar-refractivity contribution in [3.63, 3.8) is 0 Å². The number of benzene rings is 3. The molecule has 2 atom stereocenters. The summed E-state index contributed by atoms with van der Waals surface area (Å²) in [7, 11) is 1.83. The molecule has 1 unspecified atom stereocenters. The molecule has 1 aliphatic heterocycles. The van der Waals surface area contributed by atoms with Gasteiger partial charge in [-0.25, -0.2) is 19.7 Å². The summed E-state index contributed by atoms with van der Waals surface area (Å²) in [4.78, 5) is 41.9. The van der Waals surface area contributed by atoms with Crippen LogP contribution >= 0.6 is 0 Å². The zero-order valence-corrected chi connectivity index (χ0v) is 26.2. The summed E-state index contributed by atoms with van der Waals surface area (Å²) in [6.07, 6.45) is 4.77. The number of rotatable bonds is 7. The Bertz CT molecular complexity index is 1920. The predicted octanol–water partition coefficient (Wildman–Crippen LogP) is 5.45. The molecule has 0 bridgehead atoms. The fraction of sp³-hybridized carbons (Fsp3) is 0.278. The lowest BCUT2D eigenvalue weighted by Gasteiger charge is -2.31. The Hall–Kier alpha value is -5.58. The molecule has 0 spiro atoms. The minimum Gasteiger partial charge on any atom is -0.445 e. The minimum absolute atomic E-state index is 0.00845. The molecule has 2 aliphatic rings. The number of hydrogen-bond acceptors (Lipinski definition) is 8. The number of nitrogens with zero attached hydrogens (tertiary/aromatic N) is 6. The van der Waals surface area contributed by atoms with Gasteiger partial charge in [-0.3, -0.25) is 9.48 Å². The van der Waals surface area contributed by atoms with Crippen LogP contribution in [0.5, 0.6) is 0 Å². The fourth-order valence-electron chi connectivity index (χ4n) is 6.49. The Morgan fingerprint density at radius 1 is 1.00 bits per heavy atom. The van der Waals surface area contributed by atoms with Crippen molar-refractivity contribution in [3.8, 4) is 22.8 Å². The maximum absolute atomic E-state index is 13.3. The molecule has 5 aromatic rings. The van der Waals surface area contributed by atoms with E-state index in [4.69, 9.17) is 20.4 Å². The minimum atomic E-state index is -0.340. The van der Waals surface area contributed by atoms with Gasteiger partial charge in [0.05, 0.1) is 17.9 Å². The molecule has 3 aromatic carbocycles. The lowest BCUT2D eigenvalue weighted by atomic mass is 9.97. The molecular weight excluding hydrogens is 592 g/mol. The normalized spacial score (nSPS) is 17.3. The Morgan fingerprint density at radius 3 is 2.70 bits per heavy atom. The number of piperidine rings is 1. The molecule has 3 N–H and O–H groups in total. The number of anilines is 1. The Kier molecular flexibility index (Phi) is 8.35. The first-order valence-corrected chi connectivity index (χ1v) is 15.9. The molecule has 3 heterocycles. The van der Waals surface area contributed by atoms with E-state index in [1.807, 2.05) is 67.7 Å². The highest BCUT2D eigenvalue weighted by Gasteiger charge is 2.30. The number of carbonyl (C=O) groups excluding carboxylic acids is 2. The first-order chi connectivity index (χ1) is 22.9. The van der Waals surface area contributed by atoms with E-state index < -0.39 is 0 Å². The third-order valence-electron chi connectivity index (χ3n) is 8.92. The summed E-state index contributed by atoms with van der Waals surface area (Å²) >= 11 is 0. The molecule has 1 aliphatic carbocycles. The van der Waals surface area contributed by atoms with Crippen molar-refractivity contribution >= 4 is 17.8 Å². The molecule has 1 saturated heterocycles. The van der Waals surface area contributed by atoms with Crippen LogP contribution in [0.4, 0.5) is 10.6 Å². The molecule has 11 heteroatoms. The van der Waals surface area contributed by atoms with Gasteiger partial charge in [-0.2, -0.15) is 0 Å². The van der Waals surface area contributed by atoms with Crippen LogP contribution in [0.1, 0.15) is 64.1 Å². The molecule has 0 radical (unpaired) electrons. The number of hydrogen-bond donors (Lipinski definition) is 2. The highest BCUT2D eigenvalue weighted by Crippen LogP contribution is 2.32. The maximum Gasteiger partial charge on any atom is 0.410 e. The van der Waals surface area contributed by atoms with Crippen LogP contribution in [0.2, 0.25) is 0 Å². The summed E-state index contributed by atoms with van der Waals surface area (Å²) in [6.45, 7) is 1.33. The van der Waals surface area contributed by atoms with E-state index in [-0.39, 0.29) is 36.4 Å². The first kappa shape index (κ1) is 30.1. The van der Waals surface area contributed by atoms with Crippen molar-refractivity contribution in [2.24, 2.45) is 7.05 Å². The number of aryl methyl sites for hydroxylation is 2. The van der Waals surface area contributed by atoms with Gasteiger partial charge in [0.1, 0.15) is 12.4 Å². The zero-order chi connectivity index (χ0) is 32.3. The fourth-order valence-corrected chi connectivity index (χ4v) is 6.49. The van der Waals surface area contributed by atoms with E-state index in [9.17, 15) is 9.59 Å². The van der Waals surface area contributed by atoms with E-state index in [1.54, 1.807) is 21.8 Å². The molecular formula is C36H36N8O3. The lowest BCUT2D eigenvalue weighted by Crippen LogP contribution is -2.40. The highest BCUT2D eigenvalue weighted by molar-refractivity contribution is 5.95. The second-order valence-corrected chi connectivity index (χ2v) is 12.1. The number of nitrogen functional groups attached to an aromatic ring is 1. The van der Waals surface area contributed by atoms with Crippen LogP contribution in [-0.2, 0) is 24.8 Å². The van der Waals surface area contributed by atoms with Gasteiger partial charge in [0.25, 0.3) is 5.91 Å². The Labute approximate surface area is 272 Å². The van der Waals surface area contributed by atoms with Crippen LogP contribution < -0.4 is 11.1 Å². The SMILES string of the molecule is Cn1nc(-c2nc(-c3cccc(C(=O)N[C@H]4CCc5ccccc54)c3)cnc2N)nc1C1CCCN(C(=O)OCc2ccccc2)C1. The van der Waals surface area contributed by atoms with Gasteiger partial charge in [-0.05, 0) is 54.5 Å². The van der Waals surface area contributed by atoms with Crippen LogP contribution in [0.25, 0.3) is 22.8 Å². The number of nitrogens with one attached hydrogen (secondary N) is 1. The number of nitrogens with two attached hydrogens (primary N) is 1. The molecule has 7 rings (SSSR count). The summed E-state index contributed by atoms with van der Waals surface area (Å²) in [5.41, 5.74) is 11.9. The summed E-state index contributed by atoms with van der Waals surface area (Å²) < 4.78 is 7.30. The van der Waals surface area contributed by atoms with Gasteiger partial charge < -0.3 is 20.7 Å². The van der Waals surface area contributed by atoms with Crippen LogP contribution in [0.15, 0.2) is 85.1 Å². The average molecular weight is 629 g/mol. The topological polar surface area (TPSA) is 141 Å². The van der Waals surface area contributed by atoms with E-state index in [2.05, 4.69) is 27.5 Å². The Balaban J connectivity index is 1.06. The molecule has 2 amide bonds. The van der Waals surface area contributed by atoms with E-state index in [0.717, 1.165) is 42.6 Å². The monoisotopic (exact) mass is 628 g/mol. The summed E-state index contributed by atoms with van der Waals surface area (Å²) in [5.74, 6) is 1.12. The molecule has 11 nitrogen and oxygen atoms in total. The van der Waals surface area contributed by atoms with Crippen LogP contribution in [0, 0.1) is 0 Å². The first-order valence-electron chi connectivity index (χ1n) is 15.9. The van der Waals surface area contributed by atoms with Gasteiger partial charge in [-0.15, -0.1) is 5.10 Å². The number of carbonyl (C=O) groups is 2. The predicted molar refractivity (Wildman–Crippen MR) is 177 cm³/mol. The summed E-state index contributed by atoms with van der Waals surface area (Å²) in [6, 6.07) is 25.2. The van der Waals surface area contributed by atoms with Crippen molar-refractivity contribution in [2.75, 3.05) is 18.8 Å². The maximum atomic E-state index is 13.3. The molecule has 47 heavy (non-hydrogen) atoms. The van der Waals surface area contributed by atoms with Crippen LogP contribution in [0.3, 0.4) is 0 Å². The van der Waals surface area contributed by atoms with Gasteiger partial charge in [0.15, 0.2) is 11.5 Å². The van der Waals surface area contributed by atoms with E-state index >= 15 is 0 Å². The lowest BCUT2D eigenvalue weighted by molar-refractivity contribution is 0.0850. The van der Waals surface area contributed by atoms with Gasteiger partial charge in [0.2, 0.25) is 5.82 Å². The van der Waals surface area contributed by atoms with Gasteiger partial charge in [-0.1, -0.05) is 66.7 Å². The van der Waals surface area contributed by atoms with Crippen molar-refractivity contribution in [1.29, 1.82) is 0 Å². The molecule has 2 aromatic heterocycles. The number of fused-ring (bicyclic) bond motifs is 1. The van der Waals surface area contributed by atoms with E-state index in [0.29, 0.717) is 35.9 Å². The summed E-state index contributed by atoms with van der Waals surface area (Å²) in [5, 5.41) is 7.83. The molecule has 0 saturated carbocycles. The second kappa shape index (κ2) is 13.0. The van der Waals surface area contributed by atoms with Crippen molar-refractivity contribution in [2.45, 2.75) is 44.2 Å². The van der Waals surface area contributed by atoms with Crippen molar-refractivity contribution in [3.05, 3.63) is 113 Å². The zero-order valence-electron chi connectivity index (χ0n) is 26.2. The number of aromatic nitrogens is 5. The van der Waals surface area contributed by atoms with Gasteiger partial charge >= 0.3 is 6.09 Å². The quantitative estimate of drug-likeness (QED) is 0.242. The third kappa shape index (κ3) is 6.42. The standard InChI is InChI=1S/C36H36N8O3/c1-43-34(27-14-8-18-44(21-27)36(46)47-22-23-9-3-2-4-10-23)41-33(42-43)31-32(37)38-20-30(39-31)25-12-7-13-26(19-25)35(45)40-29-17-16-24-11-5-6-15-28(24)29/h2-7,9-13,15,19-20,27,29H,8,14,16-18,21-22H2,1H3,(H2,37,38)(H,40,45)/t27?,29-/m0/s1. The van der Waals surface area contributed by atoms with Crippen molar-refractivity contribution in [1.82, 2.24) is 34.9 Å². The van der Waals surface area contributed by atoms with E-state index in [1.165, 1.54) is 11.1 Å². The molecule has 1 fully saturated rings. The molecule has 238 valence electrons. The smallest absolute Gasteiger partial charge is 0.410 e. The van der Waals surface area contributed by atoms with Crippen LogP contribution in [-0.4, -0.2) is 54.7 Å². The number of ether oxygens (including phenoxy) is 1. The van der Waals surface area contributed by atoms with Crippen molar-refractivity contribution < 1.29 is 14.3 Å². The average Bonchev–Trinajstić information content (AvgIpc) is 3.71.